The summed E-state index contributed by atoms with van der Waals surface area (Å²) < 4.78 is 27.2. The molecule has 0 bridgehead atoms. The summed E-state index contributed by atoms with van der Waals surface area (Å²) in [5.41, 5.74) is 3.67. The first kappa shape index (κ1) is 17.6. The second-order valence-corrected chi connectivity index (χ2v) is 8.25. The third-order valence-corrected chi connectivity index (χ3v) is 5.76. The van der Waals surface area contributed by atoms with Gasteiger partial charge in [-0.2, -0.15) is 0 Å². The SMILES string of the molecule is Cc1ccc(CNC(=O)c2cccc(S(=O)(=O)NC3CC3)c2)c(C)c1. The molecule has 2 aromatic rings. The molecule has 2 aromatic carbocycles. The topological polar surface area (TPSA) is 75.3 Å². The van der Waals surface area contributed by atoms with Gasteiger partial charge in [0.15, 0.2) is 0 Å². The van der Waals surface area contributed by atoms with Crippen LogP contribution in [0.4, 0.5) is 0 Å². The van der Waals surface area contributed by atoms with E-state index in [9.17, 15) is 13.2 Å². The van der Waals surface area contributed by atoms with Gasteiger partial charge in [-0.1, -0.05) is 29.8 Å². The fourth-order valence-electron chi connectivity index (χ4n) is 2.61. The number of nitrogens with one attached hydrogen (secondary N) is 2. The Morgan fingerprint density at radius 2 is 1.88 bits per heavy atom. The van der Waals surface area contributed by atoms with Crippen molar-refractivity contribution in [3.05, 3.63) is 64.7 Å². The lowest BCUT2D eigenvalue weighted by molar-refractivity contribution is 0.0950. The van der Waals surface area contributed by atoms with E-state index in [1.54, 1.807) is 12.1 Å². The molecular formula is C19H22N2O3S. The molecule has 1 aliphatic rings. The van der Waals surface area contributed by atoms with Crippen LogP contribution >= 0.6 is 0 Å². The lowest BCUT2D eigenvalue weighted by Crippen LogP contribution is -2.27. The molecule has 0 radical (unpaired) electrons. The highest BCUT2D eigenvalue weighted by Gasteiger charge is 2.28. The quantitative estimate of drug-likeness (QED) is 0.834. The van der Waals surface area contributed by atoms with E-state index in [0.29, 0.717) is 12.1 Å². The molecule has 25 heavy (non-hydrogen) atoms. The maximum absolute atomic E-state index is 12.4. The molecule has 0 heterocycles. The molecule has 1 saturated carbocycles. The van der Waals surface area contributed by atoms with Crippen molar-refractivity contribution in [1.29, 1.82) is 0 Å². The number of aryl methyl sites for hydroxylation is 2. The van der Waals surface area contributed by atoms with Crippen LogP contribution in [-0.2, 0) is 16.6 Å². The van der Waals surface area contributed by atoms with E-state index in [2.05, 4.69) is 16.1 Å². The van der Waals surface area contributed by atoms with Crippen LogP contribution in [-0.4, -0.2) is 20.4 Å². The molecule has 0 aliphatic heterocycles. The number of carbonyl (C=O) groups is 1. The number of amides is 1. The summed E-state index contributed by atoms with van der Waals surface area (Å²) in [5, 5.41) is 2.85. The molecule has 1 amide bonds. The lowest BCUT2D eigenvalue weighted by Gasteiger charge is -2.10. The van der Waals surface area contributed by atoms with E-state index >= 15 is 0 Å². The minimum absolute atomic E-state index is 0.0343. The summed E-state index contributed by atoms with van der Waals surface area (Å²) in [4.78, 5) is 12.5. The average Bonchev–Trinajstić information content (AvgIpc) is 3.37. The predicted molar refractivity (Wildman–Crippen MR) is 96.9 cm³/mol. The van der Waals surface area contributed by atoms with Gasteiger partial charge in [0.2, 0.25) is 10.0 Å². The first-order valence-corrected chi connectivity index (χ1v) is 9.80. The van der Waals surface area contributed by atoms with Crippen molar-refractivity contribution in [3.8, 4) is 0 Å². The zero-order chi connectivity index (χ0) is 18.0. The van der Waals surface area contributed by atoms with Gasteiger partial charge in [-0.05, 0) is 56.0 Å². The number of sulfonamides is 1. The normalized spacial score (nSPS) is 14.3. The van der Waals surface area contributed by atoms with Gasteiger partial charge in [0.1, 0.15) is 0 Å². The summed E-state index contributed by atoms with van der Waals surface area (Å²) in [6, 6.07) is 12.2. The zero-order valence-electron chi connectivity index (χ0n) is 14.4. The average molecular weight is 358 g/mol. The standard InChI is InChI=1S/C19H22N2O3S/c1-13-6-7-16(14(2)10-13)12-20-19(22)15-4-3-5-18(11-15)25(23,24)21-17-8-9-17/h3-7,10-11,17,21H,8-9,12H2,1-2H3,(H,20,22). The van der Waals surface area contributed by atoms with Gasteiger partial charge < -0.3 is 5.32 Å². The molecule has 0 saturated heterocycles. The number of hydrogen-bond acceptors (Lipinski definition) is 3. The Morgan fingerprint density at radius 1 is 1.12 bits per heavy atom. The highest BCUT2D eigenvalue weighted by Crippen LogP contribution is 2.22. The van der Waals surface area contributed by atoms with Crippen LogP contribution in [0, 0.1) is 13.8 Å². The van der Waals surface area contributed by atoms with Gasteiger partial charge in [-0.15, -0.1) is 0 Å². The van der Waals surface area contributed by atoms with Crippen molar-refractivity contribution < 1.29 is 13.2 Å². The van der Waals surface area contributed by atoms with Crippen molar-refractivity contribution in [1.82, 2.24) is 10.0 Å². The molecule has 2 N–H and O–H groups in total. The first-order valence-electron chi connectivity index (χ1n) is 8.32. The Hall–Kier alpha value is -2.18. The highest BCUT2D eigenvalue weighted by molar-refractivity contribution is 7.89. The van der Waals surface area contributed by atoms with Gasteiger partial charge in [-0.25, -0.2) is 13.1 Å². The molecule has 1 fully saturated rings. The van der Waals surface area contributed by atoms with E-state index in [1.807, 2.05) is 26.0 Å². The maximum Gasteiger partial charge on any atom is 0.251 e. The number of carbonyl (C=O) groups excluding carboxylic acids is 1. The minimum atomic E-state index is -3.56. The Balaban J connectivity index is 1.70. The monoisotopic (exact) mass is 358 g/mol. The van der Waals surface area contributed by atoms with Crippen LogP contribution in [0.5, 0.6) is 0 Å². The molecule has 0 unspecified atom stereocenters. The minimum Gasteiger partial charge on any atom is -0.348 e. The van der Waals surface area contributed by atoms with Gasteiger partial charge in [-0.3, -0.25) is 4.79 Å². The molecular weight excluding hydrogens is 336 g/mol. The van der Waals surface area contributed by atoms with Gasteiger partial charge in [0.25, 0.3) is 5.91 Å². The summed E-state index contributed by atoms with van der Waals surface area (Å²) in [6.07, 6.45) is 1.74. The summed E-state index contributed by atoms with van der Waals surface area (Å²) in [6.45, 7) is 4.43. The molecule has 0 aromatic heterocycles. The molecule has 3 rings (SSSR count). The summed E-state index contributed by atoms with van der Waals surface area (Å²) >= 11 is 0. The molecule has 5 nitrogen and oxygen atoms in total. The van der Waals surface area contributed by atoms with Gasteiger partial charge >= 0.3 is 0 Å². The van der Waals surface area contributed by atoms with Crippen LogP contribution in [0.25, 0.3) is 0 Å². The van der Waals surface area contributed by atoms with E-state index in [1.165, 1.54) is 17.7 Å². The van der Waals surface area contributed by atoms with Crippen molar-refractivity contribution in [2.45, 2.75) is 44.2 Å². The Morgan fingerprint density at radius 3 is 2.56 bits per heavy atom. The largest absolute Gasteiger partial charge is 0.348 e. The molecule has 0 atom stereocenters. The Bertz CT molecular complexity index is 903. The Kier molecular flexibility index (Phi) is 4.92. The van der Waals surface area contributed by atoms with E-state index in [0.717, 1.165) is 24.0 Å². The van der Waals surface area contributed by atoms with Crippen LogP contribution in [0.3, 0.4) is 0 Å². The maximum atomic E-state index is 12.4. The smallest absolute Gasteiger partial charge is 0.251 e. The van der Waals surface area contributed by atoms with Crippen LogP contribution in [0.1, 0.15) is 39.9 Å². The van der Waals surface area contributed by atoms with Gasteiger partial charge in [0, 0.05) is 18.2 Å². The predicted octanol–water partition coefficient (Wildman–Crippen LogP) is 2.67. The highest BCUT2D eigenvalue weighted by atomic mass is 32.2. The van der Waals surface area contributed by atoms with Crippen LogP contribution in [0.15, 0.2) is 47.4 Å². The number of benzene rings is 2. The fraction of sp³-hybridized carbons (Fsp3) is 0.316. The third kappa shape index (κ3) is 4.46. The van der Waals surface area contributed by atoms with Crippen LogP contribution < -0.4 is 10.0 Å². The zero-order valence-corrected chi connectivity index (χ0v) is 15.2. The molecule has 132 valence electrons. The van der Waals surface area contributed by atoms with E-state index in [-0.39, 0.29) is 16.8 Å². The van der Waals surface area contributed by atoms with E-state index in [4.69, 9.17) is 0 Å². The first-order chi connectivity index (χ1) is 11.8. The lowest BCUT2D eigenvalue weighted by atomic mass is 10.1. The van der Waals surface area contributed by atoms with Crippen molar-refractivity contribution >= 4 is 15.9 Å². The van der Waals surface area contributed by atoms with Crippen molar-refractivity contribution in [3.63, 3.8) is 0 Å². The molecule has 1 aliphatic carbocycles. The molecule has 0 spiro atoms. The van der Waals surface area contributed by atoms with Crippen molar-refractivity contribution in [2.75, 3.05) is 0 Å². The van der Waals surface area contributed by atoms with Gasteiger partial charge in [0.05, 0.1) is 4.90 Å². The second-order valence-electron chi connectivity index (χ2n) is 6.54. The summed E-state index contributed by atoms with van der Waals surface area (Å²) in [5.74, 6) is -0.288. The molecule has 6 heteroatoms. The Labute approximate surface area is 148 Å². The van der Waals surface area contributed by atoms with Crippen molar-refractivity contribution in [2.24, 2.45) is 0 Å². The van der Waals surface area contributed by atoms with E-state index < -0.39 is 10.0 Å². The number of rotatable bonds is 6. The third-order valence-electron chi connectivity index (χ3n) is 4.24. The fourth-order valence-corrected chi connectivity index (χ4v) is 3.97. The summed E-state index contributed by atoms with van der Waals surface area (Å²) in [7, 11) is -3.56. The second kappa shape index (κ2) is 6.98. The number of hydrogen-bond donors (Lipinski definition) is 2. The van der Waals surface area contributed by atoms with Crippen LogP contribution in [0.2, 0.25) is 0 Å².